The minimum atomic E-state index is -1.69. The quantitative estimate of drug-likeness (QED) is 0.415. The highest BCUT2D eigenvalue weighted by atomic mass is 35.5. The van der Waals surface area contributed by atoms with E-state index in [1.807, 2.05) is 25.1 Å². The molecular formula is C22H25ClN4OS. The molecule has 2 aromatic heterocycles. The molecule has 0 saturated carbocycles. The number of carbonyl (C=O) groups is 1. The Balaban J connectivity index is 1.80. The molecule has 152 valence electrons. The molecule has 4 rings (SSSR count). The Morgan fingerprint density at radius 2 is 1.83 bits per heavy atom. The van der Waals surface area contributed by atoms with Crippen molar-refractivity contribution in [2.75, 3.05) is 5.75 Å². The summed E-state index contributed by atoms with van der Waals surface area (Å²) in [5, 5.41) is 4.89. The Morgan fingerprint density at radius 3 is 2.55 bits per heavy atom. The van der Waals surface area contributed by atoms with E-state index in [0.29, 0.717) is 39.6 Å². The zero-order chi connectivity index (χ0) is 20.4. The summed E-state index contributed by atoms with van der Waals surface area (Å²) >= 11 is 6.10. The second kappa shape index (κ2) is 8.28. The van der Waals surface area contributed by atoms with Crippen LogP contribution in [0.5, 0.6) is 0 Å². The Bertz CT molecular complexity index is 1120. The highest BCUT2D eigenvalue weighted by Crippen LogP contribution is 2.56. The lowest BCUT2D eigenvalue weighted by Crippen LogP contribution is -2.20. The van der Waals surface area contributed by atoms with Crippen molar-refractivity contribution in [3.05, 3.63) is 52.0 Å². The fourth-order valence-corrected chi connectivity index (χ4v) is 6.54. The van der Waals surface area contributed by atoms with E-state index in [0.717, 1.165) is 18.6 Å². The smallest absolute Gasteiger partial charge is 0.262 e. The Hall–Kier alpha value is -2.18. The van der Waals surface area contributed by atoms with Crippen LogP contribution in [0, 0.1) is 0 Å². The third-order valence-electron chi connectivity index (χ3n) is 5.21. The van der Waals surface area contributed by atoms with Crippen LogP contribution < -0.4 is 0 Å². The normalized spacial score (nSPS) is 16.1. The van der Waals surface area contributed by atoms with Crippen molar-refractivity contribution in [3.8, 4) is 0 Å². The molecule has 0 radical (unpaired) electrons. The monoisotopic (exact) mass is 428 g/mol. The summed E-state index contributed by atoms with van der Waals surface area (Å²) in [5.74, 6) is 1.58. The van der Waals surface area contributed by atoms with Crippen LogP contribution in [0.4, 0.5) is 4.79 Å². The number of aromatic nitrogens is 4. The fourth-order valence-electron chi connectivity index (χ4n) is 3.65. The predicted molar refractivity (Wildman–Crippen MR) is 123 cm³/mol. The summed E-state index contributed by atoms with van der Waals surface area (Å²) in [6.07, 6.45) is 9.22. The van der Waals surface area contributed by atoms with E-state index in [9.17, 15) is 4.79 Å². The van der Waals surface area contributed by atoms with E-state index in [1.165, 1.54) is 12.8 Å². The lowest BCUT2D eigenvalue weighted by Gasteiger charge is -2.30. The maximum Gasteiger partial charge on any atom is 0.282 e. The summed E-state index contributed by atoms with van der Waals surface area (Å²) in [4.78, 5) is 27.9. The molecule has 0 atom stereocenters. The maximum atomic E-state index is 13.8. The van der Waals surface area contributed by atoms with Gasteiger partial charge in [0.1, 0.15) is 5.82 Å². The van der Waals surface area contributed by atoms with Gasteiger partial charge in [-0.2, -0.15) is 0 Å². The Morgan fingerprint density at radius 1 is 1.03 bits per heavy atom. The average molecular weight is 429 g/mol. The number of aryl methyl sites for hydroxylation is 1. The highest BCUT2D eigenvalue weighted by molar-refractivity contribution is 8.49. The van der Waals surface area contributed by atoms with Gasteiger partial charge in [-0.15, -0.1) is 10.0 Å². The van der Waals surface area contributed by atoms with Gasteiger partial charge < -0.3 is 0 Å². The summed E-state index contributed by atoms with van der Waals surface area (Å²) in [6, 6.07) is 5.40. The Labute approximate surface area is 177 Å². The fraction of sp³-hybridized carbons (Fsp3) is 0.364. The first-order valence-corrected chi connectivity index (χ1v) is 12.4. The van der Waals surface area contributed by atoms with Gasteiger partial charge in [-0.3, -0.25) is 4.79 Å². The number of unbranched alkanes of at least 4 members (excludes halogenated alkanes) is 3. The largest absolute Gasteiger partial charge is 0.282 e. The number of halogens is 1. The van der Waals surface area contributed by atoms with E-state index >= 15 is 0 Å². The molecule has 1 aliphatic rings. The van der Waals surface area contributed by atoms with Gasteiger partial charge in [0, 0.05) is 11.4 Å². The van der Waals surface area contributed by atoms with Gasteiger partial charge in [0.15, 0.2) is 11.3 Å². The maximum absolute atomic E-state index is 13.8. The molecule has 7 heteroatoms. The first-order valence-electron chi connectivity index (χ1n) is 10.1. The molecule has 0 bridgehead atoms. The van der Waals surface area contributed by atoms with E-state index in [1.54, 1.807) is 16.7 Å². The van der Waals surface area contributed by atoms with Crippen LogP contribution in [0.1, 0.15) is 45.4 Å². The van der Waals surface area contributed by atoms with Crippen LogP contribution in [0.2, 0.25) is 5.02 Å². The van der Waals surface area contributed by atoms with Crippen LogP contribution in [-0.2, 0) is 6.42 Å². The minimum Gasteiger partial charge on any atom is -0.262 e. The van der Waals surface area contributed by atoms with Crippen LogP contribution in [0.15, 0.2) is 41.2 Å². The van der Waals surface area contributed by atoms with Gasteiger partial charge in [0.25, 0.3) is 5.24 Å². The van der Waals surface area contributed by atoms with Gasteiger partial charge in [0.2, 0.25) is 0 Å². The topological polar surface area (TPSA) is 60.7 Å². The van der Waals surface area contributed by atoms with Gasteiger partial charge in [-0.1, -0.05) is 56.9 Å². The standard InChI is InChI=1S/C22H25ClN4OS/c1-3-5-6-7-12-29(13-8-9-14-29)22(28)27-19(4-2)26-20-21(27)25-17-11-10-16(23)15-18(17)24-20/h8-11,13-15H,3-7,12H2,1-2H3. The van der Waals surface area contributed by atoms with Crippen LogP contribution >= 0.6 is 21.6 Å². The zero-order valence-corrected chi connectivity index (χ0v) is 18.3. The highest BCUT2D eigenvalue weighted by Gasteiger charge is 2.33. The number of fused-ring (bicyclic) bond motifs is 2. The van der Waals surface area contributed by atoms with Gasteiger partial charge >= 0.3 is 0 Å². The second-order valence-electron chi connectivity index (χ2n) is 7.26. The number of nitrogens with zero attached hydrogens (tertiary/aromatic N) is 4. The van der Waals surface area contributed by atoms with E-state index in [4.69, 9.17) is 16.6 Å². The molecule has 1 aliphatic heterocycles. The molecule has 3 aromatic rings. The van der Waals surface area contributed by atoms with Gasteiger partial charge in [0.05, 0.1) is 11.0 Å². The molecule has 3 heterocycles. The zero-order valence-electron chi connectivity index (χ0n) is 16.8. The third kappa shape index (κ3) is 3.71. The number of benzene rings is 1. The first kappa shape index (κ1) is 20.1. The average Bonchev–Trinajstić information content (AvgIpc) is 3.34. The number of allylic oxidation sites excluding steroid dienone is 2. The van der Waals surface area contributed by atoms with E-state index in [-0.39, 0.29) is 5.24 Å². The minimum absolute atomic E-state index is 0.0842. The number of hydrogen-bond donors (Lipinski definition) is 0. The SMILES string of the molecule is CCCCCCS1(C(=O)n2c(CC)nc3nc4cc(Cl)ccc4nc32)C=CC=C1. The number of imidazole rings is 1. The third-order valence-corrected chi connectivity index (χ3v) is 8.53. The molecule has 1 aromatic carbocycles. The van der Waals surface area contributed by atoms with E-state index in [2.05, 4.69) is 27.7 Å². The molecule has 0 spiro atoms. The number of rotatable bonds is 6. The molecule has 5 nitrogen and oxygen atoms in total. The molecule has 0 saturated heterocycles. The van der Waals surface area contributed by atoms with Gasteiger partial charge in [-0.05, 0) is 41.2 Å². The van der Waals surface area contributed by atoms with Crippen LogP contribution in [-0.4, -0.2) is 30.5 Å². The molecule has 0 fully saturated rings. The van der Waals surface area contributed by atoms with Crippen molar-refractivity contribution in [1.29, 1.82) is 0 Å². The molecule has 0 amide bonds. The van der Waals surface area contributed by atoms with Gasteiger partial charge in [-0.25, -0.2) is 19.5 Å². The summed E-state index contributed by atoms with van der Waals surface area (Å²) < 4.78 is 1.71. The molecule has 0 aliphatic carbocycles. The molecule has 0 unspecified atom stereocenters. The number of hydrogen-bond acceptors (Lipinski definition) is 4. The summed E-state index contributed by atoms with van der Waals surface area (Å²) in [5.41, 5.74) is 2.43. The van der Waals surface area contributed by atoms with Crippen LogP contribution in [0.25, 0.3) is 22.3 Å². The van der Waals surface area contributed by atoms with Crippen LogP contribution in [0.3, 0.4) is 0 Å². The summed E-state index contributed by atoms with van der Waals surface area (Å²) in [7, 11) is -1.69. The van der Waals surface area contributed by atoms with Crippen molar-refractivity contribution >= 4 is 49.2 Å². The predicted octanol–water partition coefficient (Wildman–Crippen LogP) is 6.59. The second-order valence-corrected chi connectivity index (χ2v) is 10.7. The lowest BCUT2D eigenvalue weighted by atomic mass is 10.2. The Kier molecular flexibility index (Phi) is 5.74. The first-order chi connectivity index (χ1) is 14.1. The molecular weight excluding hydrogens is 404 g/mol. The number of carbonyl (C=O) groups excluding carboxylic acids is 1. The lowest BCUT2D eigenvalue weighted by molar-refractivity contribution is 0.261. The van der Waals surface area contributed by atoms with Crippen molar-refractivity contribution < 1.29 is 4.79 Å². The van der Waals surface area contributed by atoms with E-state index < -0.39 is 10.0 Å². The molecule has 29 heavy (non-hydrogen) atoms. The summed E-state index contributed by atoms with van der Waals surface area (Å²) in [6.45, 7) is 4.20. The van der Waals surface area contributed by atoms with Crippen molar-refractivity contribution in [2.45, 2.75) is 46.0 Å². The molecule has 0 N–H and O–H groups in total. The van der Waals surface area contributed by atoms with Crippen molar-refractivity contribution in [3.63, 3.8) is 0 Å². The van der Waals surface area contributed by atoms with Crippen molar-refractivity contribution in [1.82, 2.24) is 19.5 Å². The van der Waals surface area contributed by atoms with Crippen molar-refractivity contribution in [2.24, 2.45) is 0 Å².